The number of ether oxygens (including phenoxy) is 7. The van der Waals surface area contributed by atoms with Crippen LogP contribution in [0.1, 0.15) is 48.0 Å². The van der Waals surface area contributed by atoms with Crippen molar-refractivity contribution in [1.82, 2.24) is 15.5 Å². The lowest BCUT2D eigenvalue weighted by atomic mass is 10.0. The summed E-state index contributed by atoms with van der Waals surface area (Å²) in [5, 5.41) is 8.45. The molecule has 3 heterocycles. The molecule has 4 rings (SSSR count). The summed E-state index contributed by atoms with van der Waals surface area (Å²) in [5.74, 6) is -1.36. The summed E-state index contributed by atoms with van der Waals surface area (Å²) in [6.07, 6.45) is 3.06. The molecule has 15 heteroatoms. The van der Waals surface area contributed by atoms with Crippen LogP contribution in [0.15, 0.2) is 18.2 Å². The van der Waals surface area contributed by atoms with E-state index < -0.39 is 11.9 Å². The number of nitrogens with zero attached hydrogens (tertiary/aromatic N) is 1. The van der Waals surface area contributed by atoms with Crippen molar-refractivity contribution in [2.24, 2.45) is 0 Å². The molecule has 1 aromatic carbocycles. The summed E-state index contributed by atoms with van der Waals surface area (Å²) in [7, 11) is 0. The Morgan fingerprint density at radius 1 is 0.750 bits per heavy atom. The number of nitrogens with one attached hydrogen (secondary N) is 3. The van der Waals surface area contributed by atoms with E-state index in [1.807, 2.05) is 0 Å². The van der Waals surface area contributed by atoms with E-state index in [9.17, 15) is 19.2 Å². The molecule has 3 aliphatic rings. The maximum atomic E-state index is 13.0. The van der Waals surface area contributed by atoms with Crippen LogP contribution >= 0.6 is 0 Å². The van der Waals surface area contributed by atoms with Crippen LogP contribution in [0.3, 0.4) is 0 Å². The van der Waals surface area contributed by atoms with Gasteiger partial charge in [0.2, 0.25) is 17.7 Å². The van der Waals surface area contributed by atoms with Crippen LogP contribution in [-0.4, -0.2) is 140 Å². The van der Waals surface area contributed by atoms with E-state index >= 15 is 0 Å². The lowest BCUT2D eigenvalue weighted by molar-refractivity contribution is -0.137. The molecule has 4 amide bonds. The Bertz CT molecular complexity index is 1160. The van der Waals surface area contributed by atoms with Crippen molar-refractivity contribution in [1.29, 1.82) is 0 Å². The van der Waals surface area contributed by atoms with Crippen LogP contribution in [0.25, 0.3) is 0 Å². The fourth-order valence-corrected chi connectivity index (χ4v) is 5.52. The smallest absolute Gasteiger partial charge is 0.255 e. The molecule has 2 fully saturated rings. The third kappa shape index (κ3) is 13.1. The minimum Gasteiger partial charge on any atom is -0.379 e. The van der Waals surface area contributed by atoms with Gasteiger partial charge < -0.3 is 48.7 Å². The Morgan fingerprint density at radius 2 is 1.31 bits per heavy atom. The van der Waals surface area contributed by atoms with E-state index in [2.05, 4.69) is 16.0 Å². The van der Waals surface area contributed by atoms with Crippen molar-refractivity contribution in [3.8, 4) is 0 Å². The molecule has 268 valence electrons. The van der Waals surface area contributed by atoms with E-state index in [0.717, 1.165) is 25.9 Å². The molecule has 3 N–H and O–H groups in total. The zero-order chi connectivity index (χ0) is 33.8. The van der Waals surface area contributed by atoms with Gasteiger partial charge in [-0.2, -0.15) is 0 Å². The van der Waals surface area contributed by atoms with Crippen molar-refractivity contribution in [2.45, 2.75) is 50.8 Å². The molecule has 1 aromatic rings. The highest BCUT2D eigenvalue weighted by Crippen LogP contribution is 2.32. The molecule has 0 bridgehead atoms. The Morgan fingerprint density at radius 3 is 1.90 bits per heavy atom. The molecule has 0 aliphatic carbocycles. The van der Waals surface area contributed by atoms with E-state index in [0.29, 0.717) is 102 Å². The Kier molecular flexibility index (Phi) is 17.2. The van der Waals surface area contributed by atoms with Crippen LogP contribution < -0.4 is 16.0 Å². The SMILES string of the molecule is O=C1CCC(N2Cc3c(NC(=O)CCOCCOCCOCCOCCOCCOCCOC4CCNCC4)cccc3C2=O)C(=O)N1. The third-order valence-electron chi connectivity index (χ3n) is 8.06. The predicted octanol–water partition coefficient (Wildman–Crippen LogP) is 0.644. The normalized spacial score (nSPS) is 18.3. The van der Waals surface area contributed by atoms with Gasteiger partial charge in [-0.1, -0.05) is 6.07 Å². The number of carbonyl (C=O) groups excluding carboxylic acids is 4. The second-order valence-electron chi connectivity index (χ2n) is 11.5. The minimum absolute atomic E-state index is 0.130. The van der Waals surface area contributed by atoms with Crippen LogP contribution in [0.5, 0.6) is 0 Å². The average Bonchev–Trinajstić information content (AvgIpc) is 3.42. The van der Waals surface area contributed by atoms with Crippen molar-refractivity contribution in [3.05, 3.63) is 29.3 Å². The highest BCUT2D eigenvalue weighted by molar-refractivity contribution is 6.06. The molecule has 3 aliphatic heterocycles. The minimum atomic E-state index is -0.713. The third-order valence-corrected chi connectivity index (χ3v) is 8.06. The molecular weight excluding hydrogens is 628 g/mol. The Labute approximate surface area is 281 Å². The van der Waals surface area contributed by atoms with Gasteiger partial charge in [-0.05, 0) is 44.5 Å². The first-order chi connectivity index (χ1) is 23.5. The van der Waals surface area contributed by atoms with Crippen LogP contribution in [0, 0.1) is 0 Å². The molecule has 1 atom stereocenters. The second kappa shape index (κ2) is 21.8. The zero-order valence-electron chi connectivity index (χ0n) is 27.7. The molecule has 0 radical (unpaired) electrons. The summed E-state index contributed by atoms with van der Waals surface area (Å²) < 4.78 is 38.8. The summed E-state index contributed by atoms with van der Waals surface area (Å²) in [6, 6.07) is 4.37. The largest absolute Gasteiger partial charge is 0.379 e. The summed E-state index contributed by atoms with van der Waals surface area (Å²) >= 11 is 0. The molecule has 48 heavy (non-hydrogen) atoms. The van der Waals surface area contributed by atoms with Crippen LogP contribution in [-0.2, 0) is 54.1 Å². The molecule has 0 aromatic heterocycles. The first-order valence-electron chi connectivity index (χ1n) is 16.9. The maximum Gasteiger partial charge on any atom is 0.255 e. The predicted molar refractivity (Wildman–Crippen MR) is 172 cm³/mol. The average molecular weight is 679 g/mol. The van der Waals surface area contributed by atoms with Gasteiger partial charge in [0.05, 0.1) is 98.4 Å². The maximum absolute atomic E-state index is 13.0. The van der Waals surface area contributed by atoms with Gasteiger partial charge in [0.25, 0.3) is 5.91 Å². The van der Waals surface area contributed by atoms with E-state index in [1.165, 1.54) is 4.90 Å². The van der Waals surface area contributed by atoms with E-state index in [4.69, 9.17) is 33.2 Å². The number of anilines is 1. The standard InChI is InChI=1S/C33H50N4O11/c38-30-5-4-29(32(40)36-30)37-24-27-26(33(37)41)2-1-3-28(27)35-31(39)8-11-42-12-13-43-14-15-44-16-17-45-18-19-46-20-21-47-22-23-48-25-6-9-34-10-7-25/h1-3,25,29,34H,4-24H2,(H,35,39)(H,36,38,40). The quantitative estimate of drug-likeness (QED) is 0.103. The number of rotatable bonds is 24. The van der Waals surface area contributed by atoms with E-state index in [-0.39, 0.29) is 50.1 Å². The monoisotopic (exact) mass is 678 g/mol. The van der Waals surface area contributed by atoms with Gasteiger partial charge in [-0.3, -0.25) is 24.5 Å². The fraction of sp³-hybridized carbons (Fsp3) is 0.697. The van der Waals surface area contributed by atoms with Gasteiger partial charge in [-0.15, -0.1) is 0 Å². The fourth-order valence-electron chi connectivity index (χ4n) is 5.52. The van der Waals surface area contributed by atoms with Crippen molar-refractivity contribution >= 4 is 29.3 Å². The first kappa shape index (κ1) is 37.8. The summed E-state index contributed by atoms with van der Waals surface area (Å²) in [6.45, 7) is 8.19. The van der Waals surface area contributed by atoms with Gasteiger partial charge >= 0.3 is 0 Å². The Balaban J connectivity index is 0.909. The van der Waals surface area contributed by atoms with Gasteiger partial charge in [0, 0.05) is 29.8 Å². The number of hydrogen-bond donors (Lipinski definition) is 3. The van der Waals surface area contributed by atoms with Crippen molar-refractivity contribution < 1.29 is 52.3 Å². The number of imide groups is 1. The summed E-state index contributed by atoms with van der Waals surface area (Å²) in [4.78, 5) is 50.7. The van der Waals surface area contributed by atoms with Crippen LogP contribution in [0.4, 0.5) is 5.69 Å². The number of carbonyl (C=O) groups is 4. The lowest BCUT2D eigenvalue weighted by Gasteiger charge is -2.29. The number of piperidine rings is 2. The number of amides is 4. The molecule has 0 saturated carbocycles. The number of hydrogen-bond acceptors (Lipinski definition) is 12. The zero-order valence-corrected chi connectivity index (χ0v) is 27.7. The summed E-state index contributed by atoms with van der Waals surface area (Å²) in [5.41, 5.74) is 1.61. The topological polar surface area (TPSA) is 172 Å². The first-order valence-corrected chi connectivity index (χ1v) is 16.9. The highest BCUT2D eigenvalue weighted by atomic mass is 16.6. The van der Waals surface area contributed by atoms with E-state index in [1.54, 1.807) is 18.2 Å². The van der Waals surface area contributed by atoms with Crippen LogP contribution in [0.2, 0.25) is 0 Å². The molecule has 0 spiro atoms. The van der Waals surface area contributed by atoms with Crippen molar-refractivity contribution in [2.75, 3.05) is 104 Å². The molecule has 15 nitrogen and oxygen atoms in total. The van der Waals surface area contributed by atoms with Gasteiger partial charge in [-0.25, -0.2) is 0 Å². The van der Waals surface area contributed by atoms with Gasteiger partial charge in [0.15, 0.2) is 0 Å². The second-order valence-corrected chi connectivity index (χ2v) is 11.5. The highest BCUT2D eigenvalue weighted by Gasteiger charge is 2.40. The molecular formula is C33H50N4O11. The number of benzene rings is 1. The molecule has 2 saturated heterocycles. The Hall–Kier alpha value is -3.02. The van der Waals surface area contributed by atoms with Crippen molar-refractivity contribution in [3.63, 3.8) is 0 Å². The lowest BCUT2D eigenvalue weighted by Crippen LogP contribution is -2.52. The number of fused-ring (bicyclic) bond motifs is 1. The van der Waals surface area contributed by atoms with Gasteiger partial charge in [0.1, 0.15) is 6.04 Å². The molecule has 1 unspecified atom stereocenters.